The van der Waals surface area contributed by atoms with Gasteiger partial charge in [-0.3, -0.25) is 24.5 Å². The molecule has 0 saturated carbocycles. The Morgan fingerprint density at radius 1 is 0.849 bits per heavy atom. The van der Waals surface area contributed by atoms with Gasteiger partial charge in [0, 0.05) is 44.8 Å². The minimum absolute atomic E-state index is 0.0130. The summed E-state index contributed by atoms with van der Waals surface area (Å²) >= 11 is 0. The molecule has 0 unspecified atom stereocenters. The van der Waals surface area contributed by atoms with Crippen LogP contribution in [0.2, 0.25) is 0 Å². The van der Waals surface area contributed by atoms with Crippen LogP contribution in [-0.2, 0) is 42.9 Å². The first-order valence-corrected chi connectivity index (χ1v) is 17.9. The maximum atomic E-state index is 13.8. The first-order valence-electron chi connectivity index (χ1n) is 17.9. The Labute approximate surface area is 309 Å². The van der Waals surface area contributed by atoms with Gasteiger partial charge in [-0.25, -0.2) is 4.79 Å². The van der Waals surface area contributed by atoms with Gasteiger partial charge in [-0.1, -0.05) is 38.8 Å². The highest BCUT2D eigenvalue weighted by molar-refractivity contribution is 5.86. The van der Waals surface area contributed by atoms with Gasteiger partial charge in [0.1, 0.15) is 6.10 Å². The maximum Gasteiger partial charge on any atom is 0.412 e. The van der Waals surface area contributed by atoms with Crippen molar-refractivity contribution in [3.8, 4) is 11.5 Å². The van der Waals surface area contributed by atoms with Gasteiger partial charge >= 0.3 is 18.0 Å². The van der Waals surface area contributed by atoms with Crippen LogP contribution in [-0.4, -0.2) is 99.3 Å². The molecule has 2 aliphatic heterocycles. The number of carbonyl (C=O) groups is 5. The number of ether oxygens (including phenoxy) is 7. The van der Waals surface area contributed by atoms with E-state index in [4.69, 9.17) is 33.2 Å². The quantitative estimate of drug-likeness (QED) is 0.0581. The second-order valence-electron chi connectivity index (χ2n) is 12.6. The van der Waals surface area contributed by atoms with Crippen LogP contribution in [0.3, 0.4) is 0 Å². The number of nitrogens with one attached hydrogen (secondary N) is 3. The van der Waals surface area contributed by atoms with E-state index in [-0.39, 0.29) is 50.0 Å². The minimum atomic E-state index is -1.62. The number of aliphatic hydroxyl groups is 1. The molecule has 1 aromatic carbocycles. The van der Waals surface area contributed by atoms with Crippen molar-refractivity contribution in [2.45, 2.75) is 95.9 Å². The Balaban J connectivity index is 1.94. The third-order valence-corrected chi connectivity index (χ3v) is 8.51. The molecule has 3 amide bonds. The number of esters is 2. The third-order valence-electron chi connectivity index (χ3n) is 8.51. The largest absolute Gasteiger partial charge is 0.454 e. The molecule has 0 aromatic heterocycles. The summed E-state index contributed by atoms with van der Waals surface area (Å²) in [5.41, 5.74) is 0.271. The molecule has 1 fully saturated rings. The highest BCUT2D eigenvalue weighted by Crippen LogP contribution is 2.35. The van der Waals surface area contributed by atoms with Crippen molar-refractivity contribution in [2.75, 3.05) is 38.9 Å². The van der Waals surface area contributed by atoms with E-state index in [9.17, 15) is 29.1 Å². The molecule has 294 valence electrons. The molecule has 0 bridgehead atoms. The Bertz CT molecular complexity index is 1410. The molecule has 16 nitrogen and oxygen atoms in total. The summed E-state index contributed by atoms with van der Waals surface area (Å²) in [4.78, 5) is 66.3. The molecule has 53 heavy (non-hydrogen) atoms. The zero-order valence-corrected chi connectivity index (χ0v) is 30.7. The predicted octanol–water partition coefficient (Wildman–Crippen LogP) is 3.52. The van der Waals surface area contributed by atoms with Gasteiger partial charge in [0.05, 0.1) is 18.4 Å². The summed E-state index contributed by atoms with van der Waals surface area (Å²) < 4.78 is 39.7. The number of hydrogen-bond donors (Lipinski definition) is 4. The average molecular weight is 748 g/mol. The number of unbranched alkanes of at least 4 members (excludes halogenated alkanes) is 2. The fraction of sp³-hybridized carbons (Fsp3) is 0.595. The summed E-state index contributed by atoms with van der Waals surface area (Å²) in [6.45, 7) is 11.5. The van der Waals surface area contributed by atoms with E-state index in [0.29, 0.717) is 24.6 Å². The monoisotopic (exact) mass is 747 g/mol. The molecule has 0 radical (unpaired) electrons. The molecule has 1 aromatic rings. The SMILES string of the molecule is C=CC[C@H](CC(=O)NCCCC)C(=O)O[C@H]1[C@@H](OC(=O)Nc2ccc3c(c2)OCO3)[C@@H](CO)O[C@H](OC)[C@@H]1OC(=O)[C@H](CC=C)CC(=O)NCCCC. The smallest absolute Gasteiger partial charge is 0.412 e. The van der Waals surface area contributed by atoms with Crippen LogP contribution >= 0.6 is 0 Å². The lowest BCUT2D eigenvalue weighted by molar-refractivity contribution is -0.300. The van der Waals surface area contributed by atoms with Crippen LogP contribution < -0.4 is 25.4 Å². The number of benzene rings is 1. The molecular formula is C37H53N3O13. The molecule has 16 heteroatoms. The van der Waals surface area contributed by atoms with E-state index in [1.54, 1.807) is 12.1 Å². The van der Waals surface area contributed by atoms with Crippen LogP contribution in [0.1, 0.15) is 65.2 Å². The fourth-order valence-electron chi connectivity index (χ4n) is 5.65. The van der Waals surface area contributed by atoms with Crippen molar-refractivity contribution in [1.82, 2.24) is 10.6 Å². The lowest BCUT2D eigenvalue weighted by Gasteiger charge is -2.44. The first kappa shape index (κ1) is 42.7. The van der Waals surface area contributed by atoms with Crippen molar-refractivity contribution in [1.29, 1.82) is 0 Å². The maximum absolute atomic E-state index is 13.8. The van der Waals surface area contributed by atoms with Gasteiger partial charge in [0.25, 0.3) is 0 Å². The van der Waals surface area contributed by atoms with Gasteiger partial charge < -0.3 is 48.9 Å². The van der Waals surface area contributed by atoms with E-state index in [0.717, 1.165) is 25.7 Å². The zero-order chi connectivity index (χ0) is 38.8. The van der Waals surface area contributed by atoms with E-state index >= 15 is 0 Å². The van der Waals surface area contributed by atoms with Crippen LogP contribution in [0, 0.1) is 11.8 Å². The van der Waals surface area contributed by atoms with E-state index in [1.165, 1.54) is 25.3 Å². The number of anilines is 1. The predicted molar refractivity (Wildman–Crippen MR) is 191 cm³/mol. The van der Waals surface area contributed by atoms with E-state index in [1.807, 2.05) is 13.8 Å². The summed E-state index contributed by atoms with van der Waals surface area (Å²) in [6.07, 6.45) is -2.76. The number of allylic oxidation sites excluding steroid dienone is 2. The van der Waals surface area contributed by atoms with Crippen LogP contribution in [0.4, 0.5) is 10.5 Å². The number of amides is 3. The van der Waals surface area contributed by atoms with Crippen LogP contribution in [0.15, 0.2) is 43.5 Å². The Morgan fingerprint density at radius 2 is 1.42 bits per heavy atom. The lowest BCUT2D eigenvalue weighted by Crippen LogP contribution is -2.63. The lowest BCUT2D eigenvalue weighted by atomic mass is 9.96. The molecular weight excluding hydrogens is 694 g/mol. The number of fused-ring (bicyclic) bond motifs is 1. The van der Waals surface area contributed by atoms with Gasteiger partial charge in [0.2, 0.25) is 18.6 Å². The van der Waals surface area contributed by atoms with Gasteiger partial charge in [-0.2, -0.15) is 0 Å². The summed E-state index contributed by atoms with van der Waals surface area (Å²) in [6, 6.07) is 4.64. The van der Waals surface area contributed by atoms with Gasteiger partial charge in [0.15, 0.2) is 36.1 Å². The van der Waals surface area contributed by atoms with E-state index < -0.39 is 67.2 Å². The highest BCUT2D eigenvalue weighted by Gasteiger charge is 2.53. The van der Waals surface area contributed by atoms with Gasteiger partial charge in [-0.15, -0.1) is 13.2 Å². The van der Waals surface area contributed by atoms with Crippen molar-refractivity contribution in [2.24, 2.45) is 11.8 Å². The minimum Gasteiger partial charge on any atom is -0.454 e. The third kappa shape index (κ3) is 13.0. The number of methoxy groups -OCH3 is 1. The summed E-state index contributed by atoms with van der Waals surface area (Å²) in [5.74, 6) is -3.67. The van der Waals surface area contributed by atoms with Crippen molar-refractivity contribution in [3.63, 3.8) is 0 Å². The van der Waals surface area contributed by atoms with E-state index in [2.05, 4.69) is 29.1 Å². The number of rotatable bonds is 22. The molecule has 1 saturated heterocycles. The molecule has 7 atom stereocenters. The van der Waals surface area contributed by atoms with Gasteiger partial charge in [-0.05, 0) is 37.8 Å². The average Bonchev–Trinajstić information content (AvgIpc) is 3.60. The second-order valence-corrected chi connectivity index (χ2v) is 12.6. The molecule has 3 rings (SSSR count). The molecule has 2 heterocycles. The summed E-state index contributed by atoms with van der Waals surface area (Å²) in [5, 5.41) is 18.5. The number of aliphatic hydroxyl groups excluding tert-OH is 1. The number of hydrogen-bond acceptors (Lipinski definition) is 13. The second kappa shape index (κ2) is 22.4. The zero-order valence-electron chi connectivity index (χ0n) is 30.7. The Hall–Kier alpha value is -4.67. The topological polar surface area (TPSA) is 206 Å². The molecule has 2 aliphatic rings. The van der Waals surface area contributed by atoms with Crippen molar-refractivity contribution in [3.05, 3.63) is 43.5 Å². The fourth-order valence-corrected chi connectivity index (χ4v) is 5.65. The molecule has 4 N–H and O–H groups in total. The molecule has 0 aliphatic carbocycles. The van der Waals surface area contributed by atoms with Crippen LogP contribution in [0.25, 0.3) is 0 Å². The van der Waals surface area contributed by atoms with Crippen LogP contribution in [0.5, 0.6) is 11.5 Å². The van der Waals surface area contributed by atoms with Crippen molar-refractivity contribution < 1.29 is 62.2 Å². The normalized spacial score (nSPS) is 21.3. The Morgan fingerprint density at radius 3 is 1.94 bits per heavy atom. The highest BCUT2D eigenvalue weighted by atomic mass is 16.7. The van der Waals surface area contributed by atoms with Crippen molar-refractivity contribution >= 4 is 35.5 Å². The standard InChI is InChI=1S/C37H53N3O13/c1-6-10-16-38-29(42)18-23(12-8-3)34(44)51-32-31(53-37(46)40-25-14-15-26-27(20-25)49-22-48-26)28(21-41)50-36(47-5)33(32)52-35(45)24(13-9-4)19-30(43)39-17-11-7-2/h8-9,14-15,20,23-24,28,31-33,36,41H,3-4,6-7,10-13,16-19,21-22H2,1-2,5H3,(H,38,42)(H,39,43)(H,40,46)/t23-,24-,28-,31+,32+,33-,36+/m1/s1. The Kier molecular flexibility index (Phi) is 18.1. The molecule has 0 spiro atoms. The number of carbonyl (C=O) groups excluding carboxylic acids is 5. The first-order chi connectivity index (χ1) is 25.6. The summed E-state index contributed by atoms with van der Waals surface area (Å²) in [7, 11) is 1.25.